The number of nitrogens with one attached hydrogen (secondary N) is 1. The van der Waals surface area contributed by atoms with Gasteiger partial charge in [-0.3, -0.25) is 4.79 Å². The van der Waals surface area contributed by atoms with E-state index in [4.69, 9.17) is 15.2 Å². The molecule has 1 fully saturated rings. The standard InChI is InChI=1S/C19H21F2N5O4/c1-9-7-29-14-5-11(23-10(2)17(22)27)3-4-12(14)18-24-15(6-25(9)18)26-13(16(20)21)8-30-19(26)28/h3-6,9-10,13,16,23H,7-8H2,1-2H3,(H2,22,27)/t9-,10+,13?/m1/s1. The first-order chi connectivity index (χ1) is 14.3. The number of rotatable bonds is 5. The summed E-state index contributed by atoms with van der Waals surface area (Å²) in [6.45, 7) is 3.45. The van der Waals surface area contributed by atoms with E-state index in [1.54, 1.807) is 35.9 Å². The van der Waals surface area contributed by atoms with Crippen LogP contribution in [0.15, 0.2) is 24.4 Å². The number of imidazole rings is 1. The summed E-state index contributed by atoms with van der Waals surface area (Å²) in [5.74, 6) is 0.592. The van der Waals surface area contributed by atoms with Gasteiger partial charge in [0.05, 0.1) is 11.6 Å². The molecule has 30 heavy (non-hydrogen) atoms. The number of hydrogen-bond donors (Lipinski definition) is 2. The molecular formula is C19H21F2N5O4. The Hall–Kier alpha value is -3.37. The lowest BCUT2D eigenvalue weighted by Gasteiger charge is -2.18. The Morgan fingerprint density at radius 1 is 1.33 bits per heavy atom. The minimum absolute atomic E-state index is 0.0991. The van der Waals surface area contributed by atoms with Gasteiger partial charge in [-0.05, 0) is 26.0 Å². The number of fused-ring (bicyclic) bond motifs is 3. The molecule has 11 heteroatoms. The largest absolute Gasteiger partial charge is 0.491 e. The summed E-state index contributed by atoms with van der Waals surface area (Å²) in [5.41, 5.74) is 6.55. The van der Waals surface area contributed by atoms with E-state index in [0.29, 0.717) is 29.4 Å². The van der Waals surface area contributed by atoms with E-state index in [2.05, 4.69) is 10.3 Å². The highest BCUT2D eigenvalue weighted by atomic mass is 19.3. The zero-order chi connectivity index (χ0) is 21.6. The Labute approximate surface area is 170 Å². The zero-order valence-corrected chi connectivity index (χ0v) is 16.3. The van der Waals surface area contributed by atoms with Crippen molar-refractivity contribution in [3.63, 3.8) is 0 Å². The van der Waals surface area contributed by atoms with Gasteiger partial charge in [-0.25, -0.2) is 23.5 Å². The van der Waals surface area contributed by atoms with Crippen LogP contribution < -0.4 is 20.7 Å². The van der Waals surface area contributed by atoms with E-state index in [9.17, 15) is 18.4 Å². The molecule has 0 aliphatic carbocycles. The van der Waals surface area contributed by atoms with Crippen LogP contribution in [0.1, 0.15) is 19.9 Å². The van der Waals surface area contributed by atoms with Gasteiger partial charge in [-0.1, -0.05) is 0 Å². The first kappa shape index (κ1) is 19.9. The average Bonchev–Trinajstić information content (AvgIpc) is 3.26. The van der Waals surface area contributed by atoms with Crippen LogP contribution in [0, 0.1) is 0 Å². The molecule has 2 aliphatic rings. The number of nitrogens with two attached hydrogens (primary N) is 1. The van der Waals surface area contributed by atoms with Crippen LogP contribution in [-0.4, -0.2) is 53.3 Å². The number of nitrogens with zero attached hydrogens (tertiary/aromatic N) is 3. The maximum Gasteiger partial charge on any atom is 0.416 e. The lowest BCUT2D eigenvalue weighted by atomic mass is 10.1. The van der Waals surface area contributed by atoms with Gasteiger partial charge in [0.25, 0.3) is 6.43 Å². The number of alkyl halides is 2. The number of hydrogen-bond acceptors (Lipinski definition) is 6. The van der Waals surface area contributed by atoms with Gasteiger partial charge in [0, 0.05) is 18.0 Å². The highest BCUT2D eigenvalue weighted by Crippen LogP contribution is 2.39. The average molecular weight is 421 g/mol. The summed E-state index contributed by atoms with van der Waals surface area (Å²) in [6, 6.07) is 3.08. The molecule has 2 aromatic rings. The van der Waals surface area contributed by atoms with Crippen molar-refractivity contribution in [3.8, 4) is 17.1 Å². The molecule has 160 valence electrons. The van der Waals surface area contributed by atoms with Gasteiger partial charge in [-0.15, -0.1) is 0 Å². The molecule has 2 amide bonds. The normalized spacial score (nSPS) is 21.4. The van der Waals surface area contributed by atoms with Crippen LogP contribution >= 0.6 is 0 Å². The van der Waals surface area contributed by atoms with Crippen molar-refractivity contribution in [1.29, 1.82) is 0 Å². The Bertz CT molecular complexity index is 995. The van der Waals surface area contributed by atoms with E-state index in [1.807, 2.05) is 6.92 Å². The molecule has 0 radical (unpaired) electrons. The Balaban J connectivity index is 1.72. The van der Waals surface area contributed by atoms with Gasteiger partial charge >= 0.3 is 6.09 Å². The minimum atomic E-state index is -2.76. The van der Waals surface area contributed by atoms with Gasteiger partial charge in [0.15, 0.2) is 5.82 Å². The van der Waals surface area contributed by atoms with Crippen LogP contribution in [0.2, 0.25) is 0 Å². The highest BCUT2D eigenvalue weighted by molar-refractivity contribution is 5.90. The Kier molecular flexibility index (Phi) is 4.96. The molecule has 9 nitrogen and oxygen atoms in total. The van der Waals surface area contributed by atoms with Crippen molar-refractivity contribution < 1.29 is 27.8 Å². The first-order valence-corrected chi connectivity index (χ1v) is 9.42. The quantitative estimate of drug-likeness (QED) is 0.767. The molecule has 1 unspecified atom stereocenters. The number of cyclic esters (lactones) is 1. The number of ether oxygens (including phenoxy) is 2. The maximum atomic E-state index is 13.4. The number of halogens is 2. The molecule has 1 aromatic carbocycles. The molecule has 3 atom stereocenters. The molecule has 3 N–H and O–H groups in total. The van der Waals surface area contributed by atoms with Crippen molar-refractivity contribution in [3.05, 3.63) is 24.4 Å². The summed E-state index contributed by atoms with van der Waals surface area (Å²) in [5, 5.41) is 2.99. The summed E-state index contributed by atoms with van der Waals surface area (Å²) < 4.78 is 39.2. The van der Waals surface area contributed by atoms with Crippen molar-refractivity contribution in [2.45, 2.75) is 38.4 Å². The predicted octanol–water partition coefficient (Wildman–Crippen LogP) is 2.38. The van der Waals surface area contributed by atoms with Crippen molar-refractivity contribution in [2.24, 2.45) is 5.73 Å². The Morgan fingerprint density at radius 3 is 2.80 bits per heavy atom. The number of anilines is 2. The molecule has 0 saturated carbocycles. The minimum Gasteiger partial charge on any atom is -0.491 e. The number of aromatic nitrogens is 2. The van der Waals surface area contributed by atoms with Crippen LogP contribution in [0.5, 0.6) is 5.75 Å². The van der Waals surface area contributed by atoms with E-state index in [1.165, 1.54) is 0 Å². The van der Waals surface area contributed by atoms with Crippen LogP contribution in [0.25, 0.3) is 11.4 Å². The number of carbonyl (C=O) groups is 2. The molecule has 2 aliphatic heterocycles. The van der Waals surface area contributed by atoms with Gasteiger partial charge < -0.3 is 25.1 Å². The predicted molar refractivity (Wildman–Crippen MR) is 104 cm³/mol. The SMILES string of the molecule is C[C@H](Nc1ccc2c(c1)OC[C@@H](C)n1cc(N3C(=O)OCC3C(F)F)nc1-2)C(N)=O. The fourth-order valence-electron chi connectivity index (χ4n) is 3.45. The fraction of sp³-hybridized carbons (Fsp3) is 0.421. The van der Waals surface area contributed by atoms with Crippen LogP contribution in [0.3, 0.4) is 0 Å². The molecule has 0 spiro atoms. The lowest BCUT2D eigenvalue weighted by Crippen LogP contribution is -2.38. The van der Waals surface area contributed by atoms with E-state index >= 15 is 0 Å². The van der Waals surface area contributed by atoms with Gasteiger partial charge in [0.1, 0.15) is 36.9 Å². The lowest BCUT2D eigenvalue weighted by molar-refractivity contribution is -0.118. The van der Waals surface area contributed by atoms with E-state index in [0.717, 1.165) is 4.90 Å². The molecule has 1 saturated heterocycles. The summed E-state index contributed by atoms with van der Waals surface area (Å²) in [4.78, 5) is 28.7. The molecule has 3 heterocycles. The smallest absolute Gasteiger partial charge is 0.416 e. The number of carbonyl (C=O) groups excluding carboxylic acids is 2. The van der Waals surface area contributed by atoms with E-state index < -0.39 is 30.5 Å². The molecule has 0 bridgehead atoms. The van der Waals surface area contributed by atoms with Gasteiger partial charge in [0.2, 0.25) is 5.91 Å². The molecule has 4 rings (SSSR count). The Morgan fingerprint density at radius 2 is 2.10 bits per heavy atom. The fourth-order valence-corrected chi connectivity index (χ4v) is 3.45. The van der Waals surface area contributed by atoms with Crippen molar-refractivity contribution in [1.82, 2.24) is 9.55 Å². The second kappa shape index (κ2) is 7.47. The van der Waals surface area contributed by atoms with Crippen LogP contribution in [-0.2, 0) is 9.53 Å². The summed E-state index contributed by atoms with van der Waals surface area (Å²) in [6.07, 6.45) is -2.05. The number of primary amides is 1. The van der Waals surface area contributed by atoms with Crippen LogP contribution in [0.4, 0.5) is 25.1 Å². The zero-order valence-electron chi connectivity index (χ0n) is 16.3. The van der Waals surface area contributed by atoms with Gasteiger partial charge in [-0.2, -0.15) is 0 Å². The number of amides is 2. The third-order valence-electron chi connectivity index (χ3n) is 5.15. The topological polar surface area (TPSA) is 112 Å². The summed E-state index contributed by atoms with van der Waals surface area (Å²) >= 11 is 0. The second-order valence-corrected chi connectivity index (χ2v) is 7.32. The maximum absolute atomic E-state index is 13.4. The number of benzene rings is 1. The molecular weight excluding hydrogens is 400 g/mol. The van der Waals surface area contributed by atoms with Crippen molar-refractivity contribution in [2.75, 3.05) is 23.4 Å². The third kappa shape index (κ3) is 3.40. The second-order valence-electron chi connectivity index (χ2n) is 7.32. The van der Waals surface area contributed by atoms with Crippen molar-refractivity contribution >= 4 is 23.5 Å². The highest BCUT2D eigenvalue weighted by Gasteiger charge is 2.42. The monoisotopic (exact) mass is 421 g/mol. The van der Waals surface area contributed by atoms with E-state index in [-0.39, 0.29) is 18.5 Å². The third-order valence-corrected chi connectivity index (χ3v) is 5.15. The first-order valence-electron chi connectivity index (χ1n) is 9.42. The molecule has 1 aromatic heterocycles. The summed E-state index contributed by atoms with van der Waals surface area (Å²) in [7, 11) is 0.